The Labute approximate surface area is 366 Å². The number of aliphatic carboxylic acids is 2. The molecule has 296 valence electrons. The summed E-state index contributed by atoms with van der Waals surface area (Å²) in [6.45, 7) is 2.24. The normalized spacial score (nSPS) is 11.8. The van der Waals surface area contributed by atoms with Crippen LogP contribution in [0.25, 0.3) is 62.3 Å². The molecule has 8 rings (SSSR count). The lowest BCUT2D eigenvalue weighted by molar-refractivity contribution is -0.133. The Morgan fingerprint density at radius 2 is 0.983 bits per heavy atom. The van der Waals surface area contributed by atoms with E-state index in [1.165, 1.54) is 75.8 Å². The number of nitrogens with zero attached hydrogens (tertiary/aromatic N) is 3. The fourth-order valence-electron chi connectivity index (χ4n) is 6.87. The first kappa shape index (κ1) is 40.7. The zero-order valence-corrected chi connectivity index (χ0v) is 36.3. The van der Waals surface area contributed by atoms with Gasteiger partial charge >= 0.3 is 11.9 Å². The molecule has 5 aromatic heterocycles. The smallest absolute Gasteiger partial charge is 0.346 e. The third-order valence-corrected chi connectivity index (χ3v) is 15.7. The number of carboxylic acid groups (broad SMARTS) is 2. The molecule has 0 aliphatic carbocycles. The predicted octanol–water partition coefficient (Wildman–Crippen LogP) is 14.9. The first-order chi connectivity index (χ1) is 29.2. The van der Waals surface area contributed by atoms with Crippen LogP contribution in [0.4, 0.5) is 17.1 Å². The minimum Gasteiger partial charge on any atom is -0.477 e. The maximum atomic E-state index is 11.3. The molecule has 0 saturated carbocycles. The van der Waals surface area contributed by atoms with Crippen molar-refractivity contribution in [1.82, 2.24) is 0 Å². The van der Waals surface area contributed by atoms with Crippen molar-refractivity contribution in [1.29, 1.82) is 10.5 Å². The monoisotopic (exact) mass is 877 g/mol. The third-order valence-electron chi connectivity index (χ3n) is 9.90. The lowest BCUT2D eigenvalue weighted by Crippen LogP contribution is -2.09. The lowest BCUT2D eigenvalue weighted by Gasteiger charge is -2.26. The molecule has 0 atom stereocenters. The molecular formula is C48H35N3O4S5. The molecule has 0 saturated heterocycles. The number of aryl methyl sites for hydroxylation is 1. The van der Waals surface area contributed by atoms with Crippen molar-refractivity contribution in [3.63, 3.8) is 0 Å². The van der Waals surface area contributed by atoms with Gasteiger partial charge in [0, 0.05) is 65.1 Å². The van der Waals surface area contributed by atoms with E-state index in [1.807, 2.05) is 23.5 Å². The first-order valence-electron chi connectivity index (χ1n) is 19.2. The Morgan fingerprint density at radius 1 is 0.550 bits per heavy atom. The molecular weight excluding hydrogens is 843 g/mol. The fraction of sp³-hybridized carbons (Fsp3) is 0.125. The second-order valence-corrected chi connectivity index (χ2v) is 19.5. The van der Waals surface area contributed by atoms with Crippen molar-refractivity contribution in [2.24, 2.45) is 0 Å². The van der Waals surface area contributed by atoms with Crippen LogP contribution in [0, 0.1) is 22.7 Å². The van der Waals surface area contributed by atoms with Gasteiger partial charge in [-0.05, 0) is 114 Å². The second-order valence-electron chi connectivity index (χ2n) is 14.0. The van der Waals surface area contributed by atoms with Crippen molar-refractivity contribution in [2.45, 2.75) is 39.0 Å². The van der Waals surface area contributed by atoms with Crippen LogP contribution >= 0.6 is 56.7 Å². The minimum absolute atomic E-state index is 0.284. The number of carbonyl (C=O) groups is 2. The van der Waals surface area contributed by atoms with Gasteiger partial charge in [0.2, 0.25) is 0 Å². The van der Waals surface area contributed by atoms with Crippen molar-refractivity contribution in [3.05, 3.63) is 135 Å². The van der Waals surface area contributed by atoms with Gasteiger partial charge in [-0.15, -0.1) is 56.7 Å². The van der Waals surface area contributed by atoms with Gasteiger partial charge in [0.15, 0.2) is 0 Å². The highest BCUT2D eigenvalue weighted by Gasteiger charge is 2.17. The highest BCUT2D eigenvalue weighted by Crippen LogP contribution is 2.43. The fourth-order valence-corrected chi connectivity index (χ4v) is 12.6. The van der Waals surface area contributed by atoms with Gasteiger partial charge in [-0.25, -0.2) is 9.59 Å². The van der Waals surface area contributed by atoms with Gasteiger partial charge in [0.1, 0.15) is 23.3 Å². The van der Waals surface area contributed by atoms with E-state index in [0.29, 0.717) is 0 Å². The van der Waals surface area contributed by atoms with Crippen LogP contribution in [0.3, 0.4) is 0 Å². The number of fused-ring (bicyclic) bond motifs is 2. The summed E-state index contributed by atoms with van der Waals surface area (Å²) in [5, 5.41) is 36.9. The van der Waals surface area contributed by atoms with Gasteiger partial charge in [-0.3, -0.25) is 0 Å². The summed E-state index contributed by atoms with van der Waals surface area (Å²) < 4.78 is 4.16. The summed E-state index contributed by atoms with van der Waals surface area (Å²) in [7, 11) is 0. The Bertz CT molecular complexity index is 2780. The molecule has 0 spiro atoms. The minimum atomic E-state index is -1.23. The van der Waals surface area contributed by atoms with Crippen molar-refractivity contribution in [3.8, 4) is 43.5 Å². The first-order valence-corrected chi connectivity index (χ1v) is 23.2. The molecule has 0 fully saturated rings. The number of benzene rings is 3. The third kappa shape index (κ3) is 8.89. The molecule has 0 aliphatic heterocycles. The largest absolute Gasteiger partial charge is 0.477 e. The molecule has 0 unspecified atom stereocenters. The average molecular weight is 878 g/mol. The summed E-state index contributed by atoms with van der Waals surface area (Å²) in [6.07, 6.45) is 8.98. The van der Waals surface area contributed by atoms with E-state index < -0.39 is 11.9 Å². The van der Waals surface area contributed by atoms with Crippen LogP contribution in [0.1, 0.15) is 47.2 Å². The Morgan fingerprint density at radius 3 is 1.38 bits per heavy atom. The zero-order valence-electron chi connectivity index (χ0n) is 32.2. The Kier molecular flexibility index (Phi) is 12.2. The van der Waals surface area contributed by atoms with E-state index in [0.717, 1.165) is 72.9 Å². The van der Waals surface area contributed by atoms with E-state index in [4.69, 9.17) is 0 Å². The number of hydrogen-bond donors (Lipinski definition) is 2. The van der Waals surface area contributed by atoms with Gasteiger partial charge < -0.3 is 15.1 Å². The van der Waals surface area contributed by atoms with E-state index >= 15 is 0 Å². The van der Waals surface area contributed by atoms with Crippen LogP contribution in [0.5, 0.6) is 0 Å². The van der Waals surface area contributed by atoms with Crippen LogP contribution in [-0.2, 0) is 16.0 Å². The number of anilines is 3. The molecule has 8 aromatic rings. The summed E-state index contributed by atoms with van der Waals surface area (Å²) >= 11 is 8.09. The predicted molar refractivity (Wildman–Crippen MR) is 252 cm³/mol. The van der Waals surface area contributed by atoms with Gasteiger partial charge in [-0.2, -0.15) is 10.5 Å². The number of hydrogen-bond acceptors (Lipinski definition) is 10. The summed E-state index contributed by atoms with van der Waals surface area (Å²) in [5.74, 6) is -2.46. The van der Waals surface area contributed by atoms with Crippen LogP contribution in [0.2, 0.25) is 0 Å². The molecule has 2 N–H and O–H groups in total. The lowest BCUT2D eigenvalue weighted by atomic mass is 10.1. The van der Waals surface area contributed by atoms with Gasteiger partial charge in [-0.1, -0.05) is 62.6 Å². The van der Waals surface area contributed by atoms with E-state index in [-0.39, 0.29) is 11.1 Å². The maximum absolute atomic E-state index is 11.3. The van der Waals surface area contributed by atoms with Crippen LogP contribution < -0.4 is 4.90 Å². The van der Waals surface area contributed by atoms with E-state index in [9.17, 15) is 30.3 Å². The van der Waals surface area contributed by atoms with E-state index in [1.54, 1.807) is 34.8 Å². The quantitative estimate of drug-likeness (QED) is 0.0597. The molecule has 0 radical (unpaired) electrons. The average Bonchev–Trinajstić information content (AvgIpc) is 4.09. The number of carboxylic acids is 2. The standard InChI is InChI=1S/C48H35N3O4S5/c1-2-3-4-5-6-37-19-20-40(56-37)29-7-13-34(14-8-29)51(35-15-9-30(10-16-35)41-25-45-43(59-41)23-38(57-45)21-32(27-49)47(52)53)36-17-11-31(12-18-36)42-26-46-44(60-42)24-39(58-46)22-33(28-50)48(54)55/h7-26H,2-6H2,1H3,(H,52,53)(H,54,55)/b32-21+,33-22+. The van der Waals surface area contributed by atoms with Gasteiger partial charge in [0.25, 0.3) is 0 Å². The summed E-state index contributed by atoms with van der Waals surface area (Å²) in [5.41, 5.74) is 5.81. The Hall–Kier alpha value is -6.12. The van der Waals surface area contributed by atoms with Crippen LogP contribution in [0.15, 0.2) is 120 Å². The van der Waals surface area contributed by atoms with Gasteiger partial charge in [0.05, 0.1) is 0 Å². The highest BCUT2D eigenvalue weighted by atomic mass is 32.1. The van der Waals surface area contributed by atoms with E-state index in [2.05, 4.69) is 109 Å². The SMILES string of the molecule is CCCCCCc1ccc(-c2ccc(N(c3ccc(-c4cc5sc(/C=C(\C#N)C(=O)O)cc5s4)cc3)c3ccc(-c4cc5sc(/C=C(\C#N)C(=O)O)cc5s4)cc3)cc2)s1. The number of rotatable bonds is 15. The topological polar surface area (TPSA) is 125 Å². The second kappa shape index (κ2) is 18.0. The van der Waals surface area contributed by atoms with Crippen molar-refractivity contribution >= 4 is 117 Å². The van der Waals surface area contributed by atoms with Crippen LogP contribution in [-0.4, -0.2) is 22.2 Å². The zero-order chi connectivity index (χ0) is 41.8. The molecule has 0 amide bonds. The number of thiophene rings is 5. The number of nitriles is 2. The molecule has 7 nitrogen and oxygen atoms in total. The molecule has 5 heterocycles. The molecule has 0 bridgehead atoms. The molecule has 60 heavy (non-hydrogen) atoms. The maximum Gasteiger partial charge on any atom is 0.346 e. The summed E-state index contributed by atoms with van der Waals surface area (Å²) in [4.78, 5) is 31.3. The Balaban J connectivity index is 1.08. The van der Waals surface area contributed by atoms with Crippen molar-refractivity contribution in [2.75, 3.05) is 4.90 Å². The summed E-state index contributed by atoms with van der Waals surface area (Å²) in [6, 6.07) is 41.9. The van der Waals surface area contributed by atoms with Crippen molar-refractivity contribution < 1.29 is 19.8 Å². The molecule has 3 aromatic carbocycles. The number of unbranched alkanes of at least 4 members (excludes halogenated alkanes) is 3. The molecule has 0 aliphatic rings. The highest BCUT2D eigenvalue weighted by molar-refractivity contribution is 7.30. The molecule has 12 heteroatoms.